The van der Waals surface area contributed by atoms with Crippen molar-refractivity contribution < 1.29 is 17.7 Å². The van der Waals surface area contributed by atoms with Crippen LogP contribution in [0.4, 0.5) is 13.2 Å². The van der Waals surface area contributed by atoms with Crippen LogP contribution in [0.2, 0.25) is 11.6 Å². The topological polar surface area (TPSA) is 0 Å². The van der Waals surface area contributed by atoms with Crippen LogP contribution >= 0.6 is 0 Å². The van der Waals surface area contributed by atoms with E-state index in [4.69, 9.17) is 0 Å². The van der Waals surface area contributed by atoms with Gasteiger partial charge in [-0.25, -0.2) is 0 Å². The van der Waals surface area contributed by atoms with E-state index in [1.807, 2.05) is 6.07 Å². The maximum atomic E-state index is 12.8. The first-order valence-electron chi connectivity index (χ1n) is 11.7. The second kappa shape index (κ2) is 9.75. The molecule has 0 unspecified atom stereocenters. The minimum atomic E-state index is -4.30. The Morgan fingerprint density at radius 1 is 0.781 bits per heavy atom. The molecule has 2 aliphatic heterocycles. The summed E-state index contributed by atoms with van der Waals surface area (Å²) in [6, 6.07) is 15.9. The van der Waals surface area contributed by atoms with Crippen LogP contribution in [0.25, 0.3) is 0 Å². The molecule has 0 aliphatic carbocycles. The second-order valence-electron chi connectivity index (χ2n) is 10.8. The molecule has 2 fully saturated rings. The summed E-state index contributed by atoms with van der Waals surface area (Å²) in [6.07, 6.45) is 2.10. The van der Waals surface area contributed by atoms with Crippen molar-refractivity contribution in [1.29, 1.82) is 0 Å². The molecule has 32 heavy (non-hydrogen) atoms. The average Bonchev–Trinajstić information content (AvgIpc) is 2.71. The lowest BCUT2D eigenvalue weighted by Gasteiger charge is -2.57. The van der Waals surface area contributed by atoms with E-state index in [1.165, 1.54) is 56.1 Å². The summed E-state index contributed by atoms with van der Waals surface area (Å²) in [6.45, 7) is 0. The highest BCUT2D eigenvalue weighted by Gasteiger charge is 2.43. The summed E-state index contributed by atoms with van der Waals surface area (Å²) < 4.78 is 39.4. The van der Waals surface area contributed by atoms with Crippen LogP contribution in [0.3, 0.4) is 0 Å². The number of quaternary nitrogens is 1. The van der Waals surface area contributed by atoms with Crippen LogP contribution in [0.1, 0.15) is 49.7 Å². The van der Waals surface area contributed by atoms with Crippen LogP contribution in [0, 0.1) is 11.7 Å². The smallest absolute Gasteiger partial charge is 0.333 e. The van der Waals surface area contributed by atoms with E-state index in [1.54, 1.807) is 0 Å². The Bertz CT molecular complexity index is 905. The molecule has 2 heterocycles. The highest BCUT2D eigenvalue weighted by molar-refractivity contribution is 7.00. The van der Waals surface area contributed by atoms with E-state index in [9.17, 15) is 13.2 Å². The van der Waals surface area contributed by atoms with Gasteiger partial charge in [0.15, 0.2) is 0 Å². The van der Waals surface area contributed by atoms with Gasteiger partial charge in [0.05, 0.1) is 33.8 Å². The van der Waals surface area contributed by atoms with Gasteiger partial charge in [0.25, 0.3) is 0 Å². The van der Waals surface area contributed by atoms with Crippen LogP contribution in [0.5, 0.6) is 0 Å². The highest BCUT2D eigenvalue weighted by Crippen LogP contribution is 2.52. The zero-order valence-electron chi connectivity index (χ0n) is 19.8. The van der Waals surface area contributed by atoms with Gasteiger partial charge in [-0.3, -0.25) is 0 Å². The van der Waals surface area contributed by atoms with Gasteiger partial charge in [-0.05, 0) is 24.3 Å². The number of fused-ring (bicyclic) bond motifs is 2. The van der Waals surface area contributed by atoms with Crippen LogP contribution in [0.15, 0.2) is 54.6 Å². The molecule has 1 nitrogen and oxygen atoms in total. The molecule has 0 saturated carbocycles. The number of halogens is 3. The van der Waals surface area contributed by atoms with Crippen molar-refractivity contribution in [1.82, 2.24) is 0 Å². The Kier molecular flexibility index (Phi) is 7.45. The number of hydrogen-bond donors (Lipinski definition) is 0. The predicted octanol–water partition coefficient (Wildman–Crippen LogP) is 6.38. The van der Waals surface area contributed by atoms with E-state index < -0.39 is 17.9 Å². The fourth-order valence-corrected chi connectivity index (χ4v) is 5.59. The molecule has 2 aromatic carbocycles. The van der Waals surface area contributed by atoms with E-state index in [0.717, 1.165) is 16.6 Å². The third-order valence-corrected chi connectivity index (χ3v) is 6.81. The van der Waals surface area contributed by atoms with Crippen LogP contribution in [-0.4, -0.2) is 38.8 Å². The number of benzene rings is 2. The molecule has 172 valence electrons. The second-order valence-corrected chi connectivity index (χ2v) is 10.8. The average molecular weight is 441 g/mol. The third-order valence-electron chi connectivity index (χ3n) is 6.81. The Morgan fingerprint density at radius 2 is 1.25 bits per heavy atom. The Morgan fingerprint density at radius 3 is 1.69 bits per heavy atom. The fourth-order valence-electron chi connectivity index (χ4n) is 5.59. The van der Waals surface area contributed by atoms with E-state index in [0.29, 0.717) is 17.2 Å². The largest absolute Gasteiger partial charge is 0.416 e. The zero-order chi connectivity index (χ0) is 23.4. The van der Waals surface area contributed by atoms with Crippen molar-refractivity contribution in [3.05, 3.63) is 65.7 Å². The quantitative estimate of drug-likeness (QED) is 0.274. The molecule has 0 aromatic heterocycles. The van der Waals surface area contributed by atoms with Gasteiger partial charge in [0, 0.05) is 5.56 Å². The molecule has 2 bridgehead atoms. The molecule has 0 radical (unpaired) electrons. The standard InChI is InChI=1S/C23H23BF3.C4H12N/c25-23(26,27)19-14-12-18(13-15-19)16-17-24(20-6-2-1-3-7-20)21-8-4-9-22(24)11-5-10-21;1-5(2,3)4/h1-3,6-7,12-15,21-22H,4-5,8-11H2;1-4H3/q-1;+1. The summed E-state index contributed by atoms with van der Waals surface area (Å²) in [5.41, 5.74) is 1.39. The lowest BCUT2D eigenvalue weighted by atomic mass is 9.07. The van der Waals surface area contributed by atoms with E-state index in [2.05, 4.69) is 64.2 Å². The zero-order valence-corrected chi connectivity index (χ0v) is 19.8. The number of hydrogen-bond acceptors (Lipinski definition) is 0. The minimum Gasteiger partial charge on any atom is -0.333 e. The van der Waals surface area contributed by atoms with Gasteiger partial charge in [-0.15, -0.1) is 17.6 Å². The number of rotatable bonds is 1. The van der Waals surface area contributed by atoms with Gasteiger partial charge in [-0.1, -0.05) is 68.9 Å². The van der Waals surface area contributed by atoms with Gasteiger partial charge in [-0.2, -0.15) is 18.6 Å². The van der Waals surface area contributed by atoms with Crippen molar-refractivity contribution in [3.63, 3.8) is 0 Å². The fraction of sp³-hybridized carbons (Fsp3) is 0.481. The molecule has 0 atom stereocenters. The third kappa shape index (κ3) is 5.98. The molecule has 0 N–H and O–H groups in total. The van der Waals surface area contributed by atoms with E-state index in [-0.39, 0.29) is 0 Å². The summed E-state index contributed by atoms with van der Waals surface area (Å²) in [5.74, 6) is 8.13. The minimum absolute atomic E-state index is 0.599. The Labute approximate surface area is 191 Å². The predicted molar refractivity (Wildman–Crippen MR) is 129 cm³/mol. The van der Waals surface area contributed by atoms with Crippen molar-refractivity contribution >= 4 is 11.6 Å². The molecule has 2 aromatic rings. The first kappa shape index (κ1) is 24.5. The number of nitrogens with zero attached hydrogens (tertiary/aromatic N) is 1. The molecule has 4 rings (SSSR count). The molecule has 0 amide bonds. The summed E-state index contributed by atoms with van der Waals surface area (Å²) in [7, 11) is 8.50. The Balaban J connectivity index is 0.000000523. The van der Waals surface area contributed by atoms with Crippen molar-refractivity contribution in [2.24, 2.45) is 0 Å². The van der Waals surface area contributed by atoms with Gasteiger partial charge >= 0.3 is 6.18 Å². The number of alkyl halides is 3. The lowest BCUT2D eigenvalue weighted by molar-refractivity contribution is -0.849. The van der Waals surface area contributed by atoms with Gasteiger partial charge < -0.3 is 10.3 Å². The SMILES string of the molecule is C[N+](C)(C)C.FC(F)(F)c1ccc(C#C[B-]2(c3ccccc3)C3CCCC2CCC3)cc1. The molecular weight excluding hydrogens is 406 g/mol. The lowest BCUT2D eigenvalue weighted by Crippen LogP contribution is -2.58. The van der Waals surface area contributed by atoms with Crippen molar-refractivity contribution in [2.75, 3.05) is 28.2 Å². The van der Waals surface area contributed by atoms with Gasteiger partial charge in [0.2, 0.25) is 0 Å². The highest BCUT2D eigenvalue weighted by atomic mass is 19.4. The summed E-state index contributed by atoms with van der Waals surface area (Å²) in [4.78, 5) is 0. The van der Waals surface area contributed by atoms with E-state index >= 15 is 0 Å². The monoisotopic (exact) mass is 441 g/mol. The Hall–Kier alpha value is -2.19. The molecule has 0 spiro atoms. The van der Waals surface area contributed by atoms with Crippen LogP contribution < -0.4 is 5.46 Å². The normalized spacial score (nSPS) is 25.1. The molecular formula is C27H35BF3N. The van der Waals surface area contributed by atoms with Crippen molar-refractivity contribution in [2.45, 2.75) is 56.3 Å². The molecule has 5 heteroatoms. The molecule has 2 aliphatic rings. The van der Waals surface area contributed by atoms with Crippen LogP contribution in [-0.2, 0) is 6.18 Å². The maximum absolute atomic E-state index is 12.8. The van der Waals surface area contributed by atoms with Gasteiger partial charge in [0.1, 0.15) is 6.15 Å². The summed E-state index contributed by atoms with van der Waals surface area (Å²) in [5, 5.41) is 0. The summed E-state index contributed by atoms with van der Waals surface area (Å²) >= 11 is 0. The van der Waals surface area contributed by atoms with Crippen molar-refractivity contribution in [3.8, 4) is 11.7 Å². The first-order chi connectivity index (χ1) is 15.0. The first-order valence-corrected chi connectivity index (χ1v) is 11.7. The maximum Gasteiger partial charge on any atom is 0.416 e. The molecule has 2 saturated heterocycles.